The first-order valence-corrected chi connectivity index (χ1v) is 7.13. The molecule has 116 valence electrons. The molecule has 0 saturated carbocycles. The van der Waals surface area contributed by atoms with Gasteiger partial charge in [-0.25, -0.2) is 13.8 Å². The molecule has 0 fully saturated rings. The maximum atomic E-state index is 12.0. The first-order valence-electron chi connectivity index (χ1n) is 7.13. The van der Waals surface area contributed by atoms with Gasteiger partial charge in [-0.05, 0) is 26.3 Å². The Balaban J connectivity index is 2.42. The Morgan fingerprint density at radius 1 is 1.40 bits per heavy atom. The summed E-state index contributed by atoms with van der Waals surface area (Å²) in [6.07, 6.45) is 1.58. The standard InChI is InChI=1S/C13H24F2N4O/c1-3-6-16-11(5-7-20-9-12(14)15)8-13-17-10-18-19(13)4-2/h10-12,16H,3-9H2,1-2H3. The monoisotopic (exact) mass is 290 g/mol. The molecule has 1 aromatic heterocycles. The third-order valence-corrected chi connectivity index (χ3v) is 2.96. The molecule has 1 unspecified atom stereocenters. The highest BCUT2D eigenvalue weighted by Crippen LogP contribution is 2.05. The van der Waals surface area contributed by atoms with E-state index in [4.69, 9.17) is 4.74 Å². The van der Waals surface area contributed by atoms with Gasteiger partial charge in [-0.15, -0.1) is 0 Å². The molecule has 1 heterocycles. The van der Waals surface area contributed by atoms with Crippen molar-refractivity contribution in [1.82, 2.24) is 20.1 Å². The number of hydrogen-bond donors (Lipinski definition) is 1. The van der Waals surface area contributed by atoms with E-state index in [-0.39, 0.29) is 6.04 Å². The first kappa shape index (κ1) is 17.0. The van der Waals surface area contributed by atoms with Gasteiger partial charge in [0.05, 0.1) is 0 Å². The van der Waals surface area contributed by atoms with Crippen LogP contribution in [0, 0.1) is 0 Å². The van der Waals surface area contributed by atoms with E-state index in [9.17, 15) is 8.78 Å². The van der Waals surface area contributed by atoms with Crippen molar-refractivity contribution in [1.29, 1.82) is 0 Å². The summed E-state index contributed by atoms with van der Waals surface area (Å²) in [4.78, 5) is 4.24. The largest absolute Gasteiger partial charge is 0.375 e. The van der Waals surface area contributed by atoms with Crippen LogP contribution >= 0.6 is 0 Å². The first-order chi connectivity index (χ1) is 9.67. The zero-order chi connectivity index (χ0) is 14.8. The molecule has 0 radical (unpaired) electrons. The lowest BCUT2D eigenvalue weighted by molar-refractivity contribution is 0.0143. The van der Waals surface area contributed by atoms with Crippen LogP contribution in [0.3, 0.4) is 0 Å². The summed E-state index contributed by atoms with van der Waals surface area (Å²) in [5.41, 5.74) is 0. The molecular formula is C13H24F2N4O. The molecule has 0 aliphatic carbocycles. The molecule has 0 aliphatic rings. The van der Waals surface area contributed by atoms with Crippen molar-refractivity contribution in [3.8, 4) is 0 Å². The third kappa shape index (κ3) is 6.38. The molecule has 20 heavy (non-hydrogen) atoms. The fourth-order valence-corrected chi connectivity index (χ4v) is 1.95. The predicted molar refractivity (Wildman–Crippen MR) is 72.9 cm³/mol. The summed E-state index contributed by atoms with van der Waals surface area (Å²) < 4.78 is 30.8. The lowest BCUT2D eigenvalue weighted by Crippen LogP contribution is -2.34. The van der Waals surface area contributed by atoms with Crippen LogP contribution in [0.25, 0.3) is 0 Å². The summed E-state index contributed by atoms with van der Waals surface area (Å²) in [7, 11) is 0. The van der Waals surface area contributed by atoms with Gasteiger partial charge >= 0.3 is 0 Å². The van der Waals surface area contributed by atoms with E-state index in [0.29, 0.717) is 13.0 Å². The van der Waals surface area contributed by atoms with Crippen LogP contribution in [-0.2, 0) is 17.7 Å². The predicted octanol–water partition coefficient (Wildman–Crippen LogP) is 1.88. The molecule has 0 saturated heterocycles. The van der Waals surface area contributed by atoms with Gasteiger partial charge in [0.2, 0.25) is 0 Å². The molecule has 0 aliphatic heterocycles. The Hall–Kier alpha value is -1.08. The Morgan fingerprint density at radius 3 is 2.85 bits per heavy atom. The van der Waals surface area contributed by atoms with Gasteiger partial charge in [0.1, 0.15) is 18.8 Å². The summed E-state index contributed by atoms with van der Waals surface area (Å²) in [6.45, 7) is 5.60. The molecule has 1 atom stereocenters. The normalized spacial score (nSPS) is 13.1. The van der Waals surface area contributed by atoms with Crippen molar-refractivity contribution in [2.24, 2.45) is 0 Å². The van der Waals surface area contributed by atoms with Crippen LogP contribution in [0.4, 0.5) is 8.78 Å². The number of aromatic nitrogens is 3. The average Bonchev–Trinajstić information content (AvgIpc) is 2.87. The number of nitrogens with one attached hydrogen (secondary N) is 1. The molecular weight excluding hydrogens is 266 g/mol. The molecule has 0 aromatic carbocycles. The van der Waals surface area contributed by atoms with Crippen molar-refractivity contribution >= 4 is 0 Å². The minimum atomic E-state index is -2.40. The molecule has 0 spiro atoms. The molecule has 0 amide bonds. The molecule has 1 aromatic rings. The number of rotatable bonds is 11. The van der Waals surface area contributed by atoms with Crippen LogP contribution in [-0.4, -0.2) is 47.0 Å². The van der Waals surface area contributed by atoms with Gasteiger partial charge in [0.25, 0.3) is 6.43 Å². The second-order valence-electron chi connectivity index (χ2n) is 4.60. The Bertz CT molecular complexity index is 360. The molecule has 5 nitrogen and oxygen atoms in total. The summed E-state index contributed by atoms with van der Waals surface area (Å²) >= 11 is 0. The summed E-state index contributed by atoms with van der Waals surface area (Å²) in [5.74, 6) is 0.912. The number of alkyl halides is 2. The van der Waals surface area contributed by atoms with Crippen molar-refractivity contribution in [2.45, 2.75) is 52.1 Å². The van der Waals surface area contributed by atoms with E-state index in [2.05, 4.69) is 22.3 Å². The Morgan fingerprint density at radius 2 is 2.20 bits per heavy atom. The maximum Gasteiger partial charge on any atom is 0.261 e. The van der Waals surface area contributed by atoms with E-state index in [1.54, 1.807) is 6.33 Å². The minimum absolute atomic E-state index is 0.169. The highest BCUT2D eigenvalue weighted by Gasteiger charge is 2.13. The van der Waals surface area contributed by atoms with Crippen LogP contribution in [0.5, 0.6) is 0 Å². The van der Waals surface area contributed by atoms with E-state index in [1.807, 2.05) is 11.6 Å². The zero-order valence-corrected chi connectivity index (χ0v) is 12.2. The van der Waals surface area contributed by atoms with Gasteiger partial charge in [0.15, 0.2) is 0 Å². The van der Waals surface area contributed by atoms with Gasteiger partial charge < -0.3 is 10.1 Å². The van der Waals surface area contributed by atoms with Gasteiger partial charge in [-0.1, -0.05) is 6.92 Å². The fraction of sp³-hybridized carbons (Fsp3) is 0.846. The van der Waals surface area contributed by atoms with Gasteiger partial charge in [-0.2, -0.15) is 5.10 Å². The topological polar surface area (TPSA) is 52.0 Å². The number of halogens is 2. The van der Waals surface area contributed by atoms with Crippen LogP contribution < -0.4 is 5.32 Å². The highest BCUT2D eigenvalue weighted by molar-refractivity contribution is 4.89. The second kappa shape index (κ2) is 9.77. The van der Waals surface area contributed by atoms with Crippen LogP contribution in [0.15, 0.2) is 6.33 Å². The summed E-state index contributed by atoms with van der Waals surface area (Å²) in [5, 5.41) is 7.53. The lowest BCUT2D eigenvalue weighted by Gasteiger charge is -2.18. The number of ether oxygens (including phenoxy) is 1. The Kier molecular flexibility index (Phi) is 8.29. The van der Waals surface area contributed by atoms with Crippen molar-refractivity contribution in [3.63, 3.8) is 0 Å². The maximum absolute atomic E-state index is 12.0. The second-order valence-corrected chi connectivity index (χ2v) is 4.60. The van der Waals surface area contributed by atoms with Crippen molar-refractivity contribution in [3.05, 3.63) is 12.2 Å². The number of hydrogen-bond acceptors (Lipinski definition) is 4. The highest BCUT2D eigenvalue weighted by atomic mass is 19.3. The molecule has 0 bridgehead atoms. The molecule has 1 N–H and O–H groups in total. The van der Waals surface area contributed by atoms with Crippen molar-refractivity contribution < 1.29 is 13.5 Å². The van der Waals surface area contributed by atoms with E-state index < -0.39 is 13.0 Å². The van der Waals surface area contributed by atoms with Crippen LogP contribution in [0.2, 0.25) is 0 Å². The minimum Gasteiger partial charge on any atom is -0.375 e. The molecule has 1 rings (SSSR count). The smallest absolute Gasteiger partial charge is 0.261 e. The molecule has 7 heteroatoms. The zero-order valence-electron chi connectivity index (χ0n) is 12.2. The lowest BCUT2D eigenvalue weighted by atomic mass is 10.1. The Labute approximate surface area is 118 Å². The quantitative estimate of drug-likeness (QED) is 0.632. The number of nitrogens with zero attached hydrogens (tertiary/aromatic N) is 3. The van der Waals surface area contributed by atoms with E-state index >= 15 is 0 Å². The fourth-order valence-electron chi connectivity index (χ4n) is 1.95. The van der Waals surface area contributed by atoms with Gasteiger partial charge in [0, 0.05) is 25.6 Å². The van der Waals surface area contributed by atoms with Gasteiger partial charge in [-0.3, -0.25) is 4.68 Å². The van der Waals surface area contributed by atoms with Crippen molar-refractivity contribution in [2.75, 3.05) is 19.8 Å². The van der Waals surface area contributed by atoms with E-state index in [0.717, 1.165) is 31.8 Å². The average molecular weight is 290 g/mol. The summed E-state index contributed by atoms with van der Waals surface area (Å²) in [6, 6.07) is 0.169. The third-order valence-electron chi connectivity index (χ3n) is 2.96. The van der Waals surface area contributed by atoms with E-state index in [1.165, 1.54) is 0 Å². The number of aryl methyl sites for hydroxylation is 1. The SMILES string of the molecule is CCCNC(CCOCC(F)F)Cc1ncnn1CC. The van der Waals surface area contributed by atoms with Crippen LogP contribution in [0.1, 0.15) is 32.5 Å².